The molecule has 1 fully saturated rings. The Kier molecular flexibility index (Phi) is 8.21. The van der Waals surface area contributed by atoms with Gasteiger partial charge in [-0.05, 0) is 88.5 Å². The summed E-state index contributed by atoms with van der Waals surface area (Å²) in [6.45, 7) is 17.3. The molecule has 0 aliphatic heterocycles. The first-order valence-electron chi connectivity index (χ1n) is 9.46. The Hall–Kier alpha value is -0.780. The highest BCUT2D eigenvalue weighted by atomic mass is 14.4. The zero-order chi connectivity index (χ0) is 16.6. The molecule has 0 heterocycles. The average molecular weight is 303 g/mol. The third kappa shape index (κ3) is 5.45. The summed E-state index contributed by atoms with van der Waals surface area (Å²) < 4.78 is 0. The average Bonchev–Trinajstić information content (AvgIpc) is 2.52. The van der Waals surface area contributed by atoms with E-state index in [0.29, 0.717) is 11.3 Å². The van der Waals surface area contributed by atoms with Crippen LogP contribution in [0.25, 0.3) is 0 Å². The highest BCUT2D eigenvalue weighted by molar-refractivity contribution is 5.26. The molecule has 0 heteroatoms. The topological polar surface area (TPSA) is 0 Å². The van der Waals surface area contributed by atoms with Gasteiger partial charge in [0.1, 0.15) is 0 Å². The minimum atomic E-state index is 0.618. The minimum absolute atomic E-state index is 0.618. The molecule has 0 unspecified atom stereocenters. The van der Waals surface area contributed by atoms with Crippen LogP contribution in [0.4, 0.5) is 0 Å². The second-order valence-electron chi connectivity index (χ2n) is 7.48. The quantitative estimate of drug-likeness (QED) is 0.303. The van der Waals surface area contributed by atoms with Crippen LogP contribution in [0.15, 0.2) is 36.0 Å². The van der Waals surface area contributed by atoms with E-state index in [1.165, 1.54) is 75.4 Å². The normalized spacial score (nSPS) is 26.0. The van der Waals surface area contributed by atoms with Crippen LogP contribution < -0.4 is 0 Å². The predicted molar refractivity (Wildman–Crippen MR) is 101 cm³/mol. The Bertz CT molecular complexity index is 383. The molecule has 0 atom stereocenters. The van der Waals surface area contributed by atoms with E-state index in [9.17, 15) is 0 Å². The Morgan fingerprint density at radius 3 is 2.23 bits per heavy atom. The first-order chi connectivity index (χ1) is 10.5. The van der Waals surface area contributed by atoms with Gasteiger partial charge in [-0.15, -0.1) is 0 Å². The van der Waals surface area contributed by atoms with Crippen molar-refractivity contribution in [3.05, 3.63) is 36.0 Å². The van der Waals surface area contributed by atoms with Crippen molar-refractivity contribution in [2.24, 2.45) is 11.3 Å². The lowest BCUT2D eigenvalue weighted by Crippen LogP contribution is -2.28. The van der Waals surface area contributed by atoms with Gasteiger partial charge < -0.3 is 0 Å². The van der Waals surface area contributed by atoms with E-state index in [4.69, 9.17) is 0 Å². The molecule has 126 valence electrons. The summed E-state index contributed by atoms with van der Waals surface area (Å²) >= 11 is 0. The molecule has 1 aliphatic rings. The van der Waals surface area contributed by atoms with Gasteiger partial charge in [0.25, 0.3) is 0 Å². The van der Waals surface area contributed by atoms with Crippen molar-refractivity contribution < 1.29 is 0 Å². The SMILES string of the molecule is C=C(C)C(=C)C1CCC(CCC)(CCC/C(=C/C)CC)CC1. The highest BCUT2D eigenvalue weighted by Gasteiger charge is 2.34. The van der Waals surface area contributed by atoms with E-state index in [1.54, 1.807) is 5.57 Å². The van der Waals surface area contributed by atoms with E-state index < -0.39 is 0 Å². The van der Waals surface area contributed by atoms with E-state index in [1.807, 2.05) is 0 Å². The van der Waals surface area contributed by atoms with Gasteiger partial charge in [-0.2, -0.15) is 0 Å². The summed E-state index contributed by atoms with van der Waals surface area (Å²) in [7, 11) is 0. The van der Waals surface area contributed by atoms with E-state index >= 15 is 0 Å². The van der Waals surface area contributed by atoms with Crippen molar-refractivity contribution in [2.45, 2.75) is 91.9 Å². The maximum Gasteiger partial charge on any atom is -0.0165 e. The van der Waals surface area contributed by atoms with Gasteiger partial charge in [0.2, 0.25) is 0 Å². The van der Waals surface area contributed by atoms with Crippen molar-refractivity contribution in [2.75, 3.05) is 0 Å². The monoisotopic (exact) mass is 302 g/mol. The zero-order valence-electron chi connectivity index (χ0n) is 15.6. The van der Waals surface area contributed by atoms with E-state index in [-0.39, 0.29) is 0 Å². The van der Waals surface area contributed by atoms with Crippen LogP contribution in [0.5, 0.6) is 0 Å². The van der Waals surface area contributed by atoms with Gasteiger partial charge >= 0.3 is 0 Å². The Morgan fingerprint density at radius 1 is 1.14 bits per heavy atom. The second kappa shape index (κ2) is 9.38. The molecule has 0 saturated heterocycles. The fourth-order valence-corrected chi connectivity index (χ4v) is 4.30. The lowest BCUT2D eigenvalue weighted by molar-refractivity contribution is 0.130. The molecule has 0 aromatic rings. The molecule has 1 saturated carbocycles. The number of hydrogen-bond acceptors (Lipinski definition) is 0. The standard InChI is InChI=1S/C22H38/c1-7-14-22(15-10-11-20(8-2)9-3)16-12-21(13-17-22)19(6)18(4)5/h8,21H,4,6-7,9-17H2,1-3,5H3/b20-8+. The maximum absolute atomic E-state index is 4.27. The third-order valence-electron chi connectivity index (χ3n) is 5.93. The van der Waals surface area contributed by atoms with Crippen LogP contribution in [0.1, 0.15) is 91.9 Å². The first-order valence-corrected chi connectivity index (χ1v) is 9.46. The molecule has 0 aromatic heterocycles. The van der Waals surface area contributed by atoms with Crippen molar-refractivity contribution in [3.8, 4) is 0 Å². The van der Waals surface area contributed by atoms with Gasteiger partial charge in [-0.3, -0.25) is 0 Å². The number of allylic oxidation sites excluding steroid dienone is 4. The molecule has 1 aliphatic carbocycles. The molecule has 1 rings (SSSR count). The molecule has 0 amide bonds. The molecule has 0 N–H and O–H groups in total. The summed E-state index contributed by atoms with van der Waals surface area (Å²) in [4.78, 5) is 0. The van der Waals surface area contributed by atoms with Gasteiger partial charge in [0.05, 0.1) is 0 Å². The summed E-state index contributed by atoms with van der Waals surface area (Å²) in [6.07, 6.45) is 15.8. The summed E-state index contributed by atoms with van der Waals surface area (Å²) in [6, 6.07) is 0. The molecule has 22 heavy (non-hydrogen) atoms. The molecule has 0 radical (unpaired) electrons. The summed E-state index contributed by atoms with van der Waals surface area (Å²) in [5.74, 6) is 0.698. The van der Waals surface area contributed by atoms with Crippen LogP contribution in [-0.4, -0.2) is 0 Å². The molecule has 0 aromatic carbocycles. The fraction of sp³-hybridized carbons (Fsp3) is 0.727. The molecular weight excluding hydrogens is 264 g/mol. The lowest BCUT2D eigenvalue weighted by atomic mass is 9.64. The number of rotatable bonds is 9. The van der Waals surface area contributed by atoms with Crippen LogP contribution in [0, 0.1) is 11.3 Å². The predicted octanol–water partition coefficient (Wildman–Crippen LogP) is 7.62. The second-order valence-corrected chi connectivity index (χ2v) is 7.48. The van der Waals surface area contributed by atoms with Crippen molar-refractivity contribution in [3.63, 3.8) is 0 Å². The zero-order valence-corrected chi connectivity index (χ0v) is 15.6. The molecule has 0 nitrogen and oxygen atoms in total. The minimum Gasteiger partial charge on any atom is -0.0958 e. The van der Waals surface area contributed by atoms with Gasteiger partial charge in [-0.1, -0.05) is 50.6 Å². The van der Waals surface area contributed by atoms with Crippen LogP contribution in [-0.2, 0) is 0 Å². The van der Waals surface area contributed by atoms with Gasteiger partial charge in [0, 0.05) is 0 Å². The Morgan fingerprint density at radius 2 is 1.77 bits per heavy atom. The molecule has 0 spiro atoms. The Labute approximate surface area is 139 Å². The van der Waals surface area contributed by atoms with Crippen molar-refractivity contribution >= 4 is 0 Å². The van der Waals surface area contributed by atoms with Crippen LogP contribution in [0.3, 0.4) is 0 Å². The third-order valence-corrected chi connectivity index (χ3v) is 5.93. The lowest BCUT2D eigenvalue weighted by Gasteiger charge is -2.41. The van der Waals surface area contributed by atoms with Crippen molar-refractivity contribution in [1.82, 2.24) is 0 Å². The number of hydrogen-bond donors (Lipinski definition) is 0. The molecule has 0 bridgehead atoms. The smallest absolute Gasteiger partial charge is 0.0165 e. The van der Waals surface area contributed by atoms with Gasteiger partial charge in [-0.25, -0.2) is 0 Å². The van der Waals surface area contributed by atoms with Crippen molar-refractivity contribution in [1.29, 1.82) is 0 Å². The maximum atomic E-state index is 4.27. The van der Waals surface area contributed by atoms with Crippen LogP contribution >= 0.6 is 0 Å². The first kappa shape index (κ1) is 19.3. The van der Waals surface area contributed by atoms with E-state index in [2.05, 4.69) is 46.9 Å². The Balaban J connectivity index is 2.56. The molecular formula is C22H38. The van der Waals surface area contributed by atoms with Gasteiger partial charge in [0.15, 0.2) is 0 Å². The highest BCUT2D eigenvalue weighted by Crippen LogP contribution is 2.48. The largest absolute Gasteiger partial charge is 0.0958 e. The van der Waals surface area contributed by atoms with E-state index in [0.717, 1.165) is 0 Å². The van der Waals surface area contributed by atoms with Crippen LogP contribution in [0.2, 0.25) is 0 Å². The summed E-state index contributed by atoms with van der Waals surface area (Å²) in [5, 5.41) is 0. The summed E-state index contributed by atoms with van der Waals surface area (Å²) in [5.41, 5.74) is 4.75. The fourth-order valence-electron chi connectivity index (χ4n) is 4.30.